The molecule has 1 aromatic rings. The van der Waals surface area contributed by atoms with Crippen molar-refractivity contribution in [2.45, 2.75) is 12.5 Å². The lowest BCUT2D eigenvalue weighted by atomic mass is 10.2. The molecule has 1 unspecified atom stereocenters. The van der Waals surface area contributed by atoms with Crippen LogP contribution in [0.3, 0.4) is 0 Å². The van der Waals surface area contributed by atoms with Gasteiger partial charge in [-0.1, -0.05) is 12.1 Å². The molecule has 0 N–H and O–H groups in total. The number of hydrogen-bond acceptors (Lipinski definition) is 2. The van der Waals surface area contributed by atoms with Gasteiger partial charge in [0.05, 0.1) is 6.61 Å². The van der Waals surface area contributed by atoms with Gasteiger partial charge in [-0.2, -0.15) is 0 Å². The highest BCUT2D eigenvalue weighted by molar-refractivity contribution is 5.27. The van der Waals surface area contributed by atoms with Crippen LogP contribution in [0.4, 0.5) is 0 Å². The van der Waals surface area contributed by atoms with Crippen LogP contribution in [0.2, 0.25) is 0 Å². The van der Waals surface area contributed by atoms with Crippen LogP contribution < -0.4 is 4.74 Å². The monoisotopic (exact) mass is 177 g/mol. The van der Waals surface area contributed by atoms with Gasteiger partial charge in [0, 0.05) is 0 Å². The summed E-state index contributed by atoms with van der Waals surface area (Å²) in [6, 6.07) is 8.03. The van der Waals surface area contributed by atoms with E-state index in [4.69, 9.17) is 9.47 Å². The molecule has 1 aromatic carbocycles. The highest BCUT2D eigenvalue weighted by Gasteiger charge is 2.22. The highest BCUT2D eigenvalue weighted by atomic mass is 16.6. The predicted molar refractivity (Wildman–Crippen MR) is 50.7 cm³/mol. The third kappa shape index (κ3) is 2.46. The maximum absolute atomic E-state index is 5.48. The molecule has 1 atom stereocenters. The molecule has 1 fully saturated rings. The first-order valence-corrected chi connectivity index (χ1v) is 4.51. The smallest absolute Gasteiger partial charge is 0.119 e. The van der Waals surface area contributed by atoms with Gasteiger partial charge in [0.25, 0.3) is 0 Å². The molecule has 0 spiro atoms. The molecule has 1 aliphatic rings. The second-order valence-corrected chi connectivity index (χ2v) is 3.16. The van der Waals surface area contributed by atoms with Crippen LogP contribution >= 0.6 is 0 Å². The SMILES string of the molecule is [CH2]Cc1ccc(OCC2CO2)cc1. The van der Waals surface area contributed by atoms with Crippen molar-refractivity contribution in [1.29, 1.82) is 0 Å². The van der Waals surface area contributed by atoms with Crippen LogP contribution in [0, 0.1) is 6.92 Å². The van der Waals surface area contributed by atoms with Crippen LogP contribution in [-0.4, -0.2) is 19.3 Å². The Bertz CT molecular complexity index is 262. The molecule has 0 aromatic heterocycles. The molecule has 0 amide bonds. The summed E-state index contributed by atoms with van der Waals surface area (Å²) in [6.45, 7) is 5.32. The molecular weight excluding hydrogens is 164 g/mol. The molecule has 0 saturated carbocycles. The molecule has 1 heterocycles. The molecule has 1 aliphatic heterocycles. The molecule has 2 heteroatoms. The molecule has 2 rings (SSSR count). The third-order valence-electron chi connectivity index (χ3n) is 2.05. The summed E-state index contributed by atoms with van der Waals surface area (Å²) in [7, 11) is 0. The number of benzene rings is 1. The van der Waals surface area contributed by atoms with E-state index in [-0.39, 0.29) is 0 Å². The summed E-state index contributed by atoms with van der Waals surface area (Å²) in [6.07, 6.45) is 1.15. The largest absolute Gasteiger partial charge is 0.491 e. The van der Waals surface area contributed by atoms with Crippen LogP contribution in [-0.2, 0) is 11.2 Å². The van der Waals surface area contributed by atoms with Crippen molar-refractivity contribution in [3.8, 4) is 5.75 Å². The van der Waals surface area contributed by atoms with Gasteiger partial charge in [-0.15, -0.1) is 0 Å². The number of ether oxygens (including phenoxy) is 2. The minimum atomic E-state index is 0.326. The number of epoxide rings is 1. The van der Waals surface area contributed by atoms with Gasteiger partial charge in [0.2, 0.25) is 0 Å². The zero-order valence-electron chi connectivity index (χ0n) is 7.53. The van der Waals surface area contributed by atoms with Crippen molar-refractivity contribution in [2.75, 3.05) is 13.2 Å². The summed E-state index contributed by atoms with van der Waals surface area (Å²) < 4.78 is 10.5. The Kier molecular flexibility index (Phi) is 2.50. The van der Waals surface area contributed by atoms with E-state index in [9.17, 15) is 0 Å². The standard InChI is InChI=1S/C11H13O2/c1-2-9-3-5-10(6-4-9)12-7-11-8-13-11/h3-6,11H,1-2,7-8H2. The molecule has 13 heavy (non-hydrogen) atoms. The summed E-state index contributed by atoms with van der Waals surface area (Å²) in [5.41, 5.74) is 1.23. The van der Waals surface area contributed by atoms with Crippen molar-refractivity contribution >= 4 is 0 Å². The van der Waals surface area contributed by atoms with Crippen molar-refractivity contribution in [2.24, 2.45) is 0 Å². The first-order chi connectivity index (χ1) is 6.38. The quantitative estimate of drug-likeness (QED) is 0.654. The van der Waals surface area contributed by atoms with Crippen LogP contribution in [0.25, 0.3) is 0 Å². The molecule has 2 nitrogen and oxygen atoms in total. The topological polar surface area (TPSA) is 21.8 Å². The summed E-state index contributed by atoms with van der Waals surface area (Å²) in [4.78, 5) is 0. The second kappa shape index (κ2) is 3.79. The van der Waals surface area contributed by atoms with Gasteiger partial charge in [0.1, 0.15) is 18.5 Å². The summed E-state index contributed by atoms with van der Waals surface area (Å²) in [5.74, 6) is 0.910. The molecule has 69 valence electrons. The molecule has 0 aliphatic carbocycles. The lowest BCUT2D eigenvalue weighted by Gasteiger charge is -2.04. The van der Waals surface area contributed by atoms with E-state index in [1.54, 1.807) is 0 Å². The Morgan fingerprint density at radius 3 is 2.62 bits per heavy atom. The predicted octanol–water partition coefficient (Wildman–Crippen LogP) is 1.84. The Morgan fingerprint density at radius 1 is 1.38 bits per heavy atom. The molecule has 1 radical (unpaired) electrons. The zero-order chi connectivity index (χ0) is 9.10. The average molecular weight is 177 g/mol. The van der Waals surface area contributed by atoms with E-state index < -0.39 is 0 Å². The third-order valence-corrected chi connectivity index (χ3v) is 2.05. The van der Waals surface area contributed by atoms with Gasteiger partial charge < -0.3 is 9.47 Å². The number of rotatable bonds is 4. The van der Waals surface area contributed by atoms with Gasteiger partial charge >= 0.3 is 0 Å². The maximum Gasteiger partial charge on any atom is 0.119 e. The van der Waals surface area contributed by atoms with Crippen LogP contribution in [0.1, 0.15) is 5.56 Å². The highest BCUT2D eigenvalue weighted by Crippen LogP contribution is 2.15. The van der Waals surface area contributed by atoms with Crippen LogP contribution in [0.15, 0.2) is 24.3 Å². The Hall–Kier alpha value is -1.02. The molecular formula is C11H13O2. The van der Waals surface area contributed by atoms with E-state index in [0.717, 1.165) is 18.8 Å². The summed E-state index contributed by atoms with van der Waals surface area (Å²) in [5, 5.41) is 0. The van der Waals surface area contributed by atoms with Gasteiger partial charge in [-0.3, -0.25) is 0 Å². The van der Waals surface area contributed by atoms with Crippen molar-refractivity contribution in [1.82, 2.24) is 0 Å². The molecule has 1 saturated heterocycles. The van der Waals surface area contributed by atoms with Crippen molar-refractivity contribution in [3.05, 3.63) is 36.8 Å². The normalized spacial score (nSPS) is 19.9. The van der Waals surface area contributed by atoms with Crippen molar-refractivity contribution < 1.29 is 9.47 Å². The zero-order valence-corrected chi connectivity index (χ0v) is 7.53. The molecule has 0 bridgehead atoms. The van der Waals surface area contributed by atoms with Gasteiger partial charge in [-0.25, -0.2) is 0 Å². The fraction of sp³-hybridized carbons (Fsp3) is 0.364. The average Bonchev–Trinajstić information content (AvgIpc) is 2.99. The summed E-state index contributed by atoms with van der Waals surface area (Å²) >= 11 is 0. The van der Waals surface area contributed by atoms with E-state index >= 15 is 0 Å². The lowest BCUT2D eigenvalue weighted by molar-refractivity contribution is 0.263. The van der Waals surface area contributed by atoms with Crippen molar-refractivity contribution in [3.63, 3.8) is 0 Å². The fourth-order valence-electron chi connectivity index (χ4n) is 1.11. The van der Waals surface area contributed by atoms with E-state index in [1.165, 1.54) is 5.56 Å². The van der Waals surface area contributed by atoms with E-state index in [0.29, 0.717) is 12.7 Å². The van der Waals surface area contributed by atoms with E-state index in [2.05, 4.69) is 6.92 Å². The van der Waals surface area contributed by atoms with E-state index in [1.807, 2.05) is 24.3 Å². The first-order valence-electron chi connectivity index (χ1n) is 4.51. The lowest BCUT2D eigenvalue weighted by Crippen LogP contribution is -2.03. The van der Waals surface area contributed by atoms with Gasteiger partial charge in [-0.05, 0) is 31.0 Å². The number of hydrogen-bond donors (Lipinski definition) is 0. The first kappa shape index (κ1) is 8.57. The Labute approximate surface area is 78.5 Å². The van der Waals surface area contributed by atoms with Gasteiger partial charge in [0.15, 0.2) is 0 Å². The fourth-order valence-corrected chi connectivity index (χ4v) is 1.11. The Morgan fingerprint density at radius 2 is 2.08 bits per heavy atom. The minimum absolute atomic E-state index is 0.326. The second-order valence-electron chi connectivity index (χ2n) is 3.16. The maximum atomic E-state index is 5.48. The Balaban J connectivity index is 1.88. The minimum Gasteiger partial charge on any atom is -0.491 e. The van der Waals surface area contributed by atoms with Crippen LogP contribution in [0.5, 0.6) is 5.75 Å².